The molecule has 0 aliphatic carbocycles. The van der Waals surface area contributed by atoms with Gasteiger partial charge in [-0.3, -0.25) is 9.69 Å². The van der Waals surface area contributed by atoms with Gasteiger partial charge in [0.05, 0.1) is 13.2 Å². The van der Waals surface area contributed by atoms with Gasteiger partial charge in [-0.2, -0.15) is 10.2 Å². The number of nitrogens with zero attached hydrogens (tertiary/aromatic N) is 4. The molecule has 0 aromatic heterocycles. The van der Waals surface area contributed by atoms with E-state index in [0.29, 0.717) is 19.3 Å². The second-order valence-corrected chi connectivity index (χ2v) is 7.69. The molecule has 1 saturated heterocycles. The Morgan fingerprint density at radius 3 is 2.58 bits per heavy atom. The zero-order valence-corrected chi connectivity index (χ0v) is 15.3. The van der Waals surface area contributed by atoms with Crippen LogP contribution in [0.5, 0.6) is 0 Å². The molecule has 0 aromatic rings. The van der Waals surface area contributed by atoms with E-state index in [1.54, 1.807) is 0 Å². The average Bonchev–Trinajstić information content (AvgIpc) is 3.31. The second kappa shape index (κ2) is 8.09. The number of hydrogen-bond donors (Lipinski definition) is 0. The van der Waals surface area contributed by atoms with Crippen LogP contribution in [0.1, 0.15) is 39.5 Å². The number of rotatable bonds is 9. The van der Waals surface area contributed by atoms with Gasteiger partial charge in [-0.15, -0.1) is 12.3 Å². The molecule has 0 aromatic carbocycles. The number of terminal acetylenes is 1. The zero-order valence-electron chi connectivity index (χ0n) is 15.3. The molecule has 0 bridgehead atoms. The van der Waals surface area contributed by atoms with Gasteiger partial charge in [0.15, 0.2) is 5.66 Å². The lowest BCUT2D eigenvalue weighted by Crippen LogP contribution is -2.46. The van der Waals surface area contributed by atoms with Crippen molar-refractivity contribution in [3.05, 3.63) is 0 Å². The van der Waals surface area contributed by atoms with E-state index in [1.807, 2.05) is 11.9 Å². The molecule has 1 amide bonds. The number of amides is 1. The van der Waals surface area contributed by atoms with Crippen molar-refractivity contribution in [1.82, 2.24) is 9.80 Å². The summed E-state index contributed by atoms with van der Waals surface area (Å²) in [4.78, 5) is 16.7. The molecule has 2 rings (SSSR count). The van der Waals surface area contributed by atoms with Crippen LogP contribution in [0.4, 0.5) is 0 Å². The number of ether oxygens (including phenoxy) is 1. The van der Waals surface area contributed by atoms with Crippen LogP contribution in [0.2, 0.25) is 0 Å². The topological polar surface area (TPSA) is 57.5 Å². The quantitative estimate of drug-likeness (QED) is 0.607. The summed E-state index contributed by atoms with van der Waals surface area (Å²) in [5.41, 5.74) is -0.316. The van der Waals surface area contributed by atoms with Crippen molar-refractivity contribution in [2.45, 2.75) is 45.2 Å². The maximum absolute atomic E-state index is 12.4. The van der Waals surface area contributed by atoms with E-state index in [1.165, 1.54) is 0 Å². The normalized spacial score (nSPS) is 19.8. The number of carbonyl (C=O) groups is 1. The van der Waals surface area contributed by atoms with Crippen LogP contribution >= 0.6 is 0 Å². The number of morpholine rings is 1. The third-order valence-electron chi connectivity index (χ3n) is 4.64. The third-order valence-corrected chi connectivity index (χ3v) is 4.64. The summed E-state index contributed by atoms with van der Waals surface area (Å²) in [7, 11) is 1.89. The number of carbonyl (C=O) groups excluding carboxylic acids is 1. The molecule has 24 heavy (non-hydrogen) atoms. The lowest BCUT2D eigenvalue weighted by molar-refractivity contribution is -0.131. The summed E-state index contributed by atoms with van der Waals surface area (Å²) >= 11 is 0. The molecular formula is C18H30N4O2. The Morgan fingerprint density at radius 1 is 1.33 bits per heavy atom. The van der Waals surface area contributed by atoms with Crippen LogP contribution in [0.3, 0.4) is 0 Å². The SMILES string of the molecule is C#CCCC1(CCC(=O)N(C)CC(C)(C)CN2CCOCC2)N=N1. The Morgan fingerprint density at radius 2 is 2.00 bits per heavy atom. The van der Waals surface area contributed by atoms with Gasteiger partial charge in [0, 0.05) is 58.9 Å². The van der Waals surface area contributed by atoms with E-state index in [-0.39, 0.29) is 17.0 Å². The molecule has 6 nitrogen and oxygen atoms in total. The van der Waals surface area contributed by atoms with E-state index < -0.39 is 0 Å². The standard InChI is InChI=1S/C18H30N4O2/c1-5-6-8-18(19-20-18)9-7-16(23)21(4)14-17(2,3)15-22-10-12-24-13-11-22/h1H,6-15H2,2-4H3. The van der Waals surface area contributed by atoms with E-state index in [2.05, 4.69) is 34.9 Å². The Balaban J connectivity index is 1.73. The molecule has 6 heteroatoms. The summed E-state index contributed by atoms with van der Waals surface area (Å²) < 4.78 is 5.39. The molecule has 0 N–H and O–H groups in total. The Hall–Kier alpha value is -1.45. The fourth-order valence-corrected chi connectivity index (χ4v) is 3.31. The third kappa shape index (κ3) is 5.88. The molecule has 2 heterocycles. The summed E-state index contributed by atoms with van der Waals surface area (Å²) in [5, 5.41) is 8.19. The maximum atomic E-state index is 12.4. The van der Waals surface area contributed by atoms with Crippen LogP contribution in [-0.4, -0.2) is 67.8 Å². The average molecular weight is 334 g/mol. The van der Waals surface area contributed by atoms with Crippen LogP contribution in [0, 0.1) is 17.8 Å². The van der Waals surface area contributed by atoms with Crippen molar-refractivity contribution < 1.29 is 9.53 Å². The van der Waals surface area contributed by atoms with Crippen LogP contribution < -0.4 is 0 Å². The molecular weight excluding hydrogens is 304 g/mol. The first kappa shape index (κ1) is 18.9. The summed E-state index contributed by atoms with van der Waals surface area (Å²) in [5.74, 6) is 2.77. The Kier molecular flexibility index (Phi) is 6.36. The highest BCUT2D eigenvalue weighted by Crippen LogP contribution is 2.37. The first-order valence-corrected chi connectivity index (χ1v) is 8.77. The van der Waals surface area contributed by atoms with Crippen molar-refractivity contribution in [1.29, 1.82) is 0 Å². The highest BCUT2D eigenvalue weighted by atomic mass is 16.5. The molecule has 0 radical (unpaired) electrons. The summed E-state index contributed by atoms with van der Waals surface area (Å²) in [6.45, 7) is 9.71. The molecule has 0 saturated carbocycles. The lowest BCUT2D eigenvalue weighted by Gasteiger charge is -2.37. The van der Waals surface area contributed by atoms with E-state index in [9.17, 15) is 4.79 Å². The lowest BCUT2D eigenvalue weighted by atomic mass is 9.91. The van der Waals surface area contributed by atoms with Crippen molar-refractivity contribution in [2.24, 2.45) is 15.6 Å². The van der Waals surface area contributed by atoms with Crippen LogP contribution in [-0.2, 0) is 9.53 Å². The Bertz CT molecular complexity index is 498. The van der Waals surface area contributed by atoms with Gasteiger partial charge in [0.25, 0.3) is 0 Å². The van der Waals surface area contributed by atoms with Gasteiger partial charge in [0.2, 0.25) is 5.91 Å². The summed E-state index contributed by atoms with van der Waals surface area (Å²) in [6.07, 6.45) is 7.85. The fourth-order valence-electron chi connectivity index (χ4n) is 3.31. The molecule has 0 unspecified atom stereocenters. The first-order valence-electron chi connectivity index (χ1n) is 8.77. The largest absolute Gasteiger partial charge is 0.379 e. The van der Waals surface area contributed by atoms with E-state index in [4.69, 9.17) is 11.2 Å². The van der Waals surface area contributed by atoms with Gasteiger partial charge in [-0.1, -0.05) is 13.8 Å². The smallest absolute Gasteiger partial charge is 0.222 e. The van der Waals surface area contributed by atoms with Gasteiger partial charge in [-0.25, -0.2) is 0 Å². The zero-order chi connectivity index (χ0) is 17.6. The van der Waals surface area contributed by atoms with Gasteiger partial charge in [-0.05, 0) is 5.41 Å². The highest BCUT2D eigenvalue weighted by molar-refractivity contribution is 5.76. The highest BCUT2D eigenvalue weighted by Gasteiger charge is 2.39. The van der Waals surface area contributed by atoms with Crippen molar-refractivity contribution in [3.8, 4) is 12.3 Å². The minimum Gasteiger partial charge on any atom is -0.379 e. The van der Waals surface area contributed by atoms with Crippen molar-refractivity contribution >= 4 is 5.91 Å². The monoisotopic (exact) mass is 334 g/mol. The fraction of sp³-hybridized carbons (Fsp3) is 0.833. The molecule has 1 fully saturated rings. The molecule has 2 aliphatic heterocycles. The second-order valence-electron chi connectivity index (χ2n) is 7.69. The van der Waals surface area contributed by atoms with Gasteiger partial charge in [0.1, 0.15) is 0 Å². The van der Waals surface area contributed by atoms with Gasteiger partial charge >= 0.3 is 0 Å². The predicted octanol–water partition coefficient (Wildman–Crippen LogP) is 2.16. The summed E-state index contributed by atoms with van der Waals surface area (Å²) in [6, 6.07) is 0. The molecule has 0 atom stereocenters. The molecule has 2 aliphatic rings. The predicted molar refractivity (Wildman–Crippen MR) is 93.6 cm³/mol. The maximum Gasteiger partial charge on any atom is 0.222 e. The number of hydrogen-bond acceptors (Lipinski definition) is 5. The van der Waals surface area contributed by atoms with Crippen molar-refractivity contribution in [3.63, 3.8) is 0 Å². The minimum absolute atomic E-state index is 0.0528. The van der Waals surface area contributed by atoms with Crippen LogP contribution in [0.15, 0.2) is 10.2 Å². The van der Waals surface area contributed by atoms with Gasteiger partial charge < -0.3 is 9.64 Å². The van der Waals surface area contributed by atoms with E-state index in [0.717, 1.165) is 45.8 Å². The molecule has 0 spiro atoms. The Labute approximate surface area is 145 Å². The molecule has 134 valence electrons. The minimum atomic E-state index is -0.369. The van der Waals surface area contributed by atoms with E-state index >= 15 is 0 Å². The van der Waals surface area contributed by atoms with Crippen LogP contribution in [0.25, 0.3) is 0 Å². The first-order chi connectivity index (χ1) is 11.4. The van der Waals surface area contributed by atoms with Crippen molar-refractivity contribution in [2.75, 3.05) is 46.4 Å².